The Kier molecular flexibility index (Phi) is 4.56. The van der Waals surface area contributed by atoms with Crippen molar-refractivity contribution in [2.24, 2.45) is 0 Å². The summed E-state index contributed by atoms with van der Waals surface area (Å²) in [6.45, 7) is 5.59. The highest BCUT2D eigenvalue weighted by Crippen LogP contribution is 2.09. The van der Waals surface area contributed by atoms with Crippen LogP contribution in [0.3, 0.4) is 0 Å². The fourth-order valence-electron chi connectivity index (χ4n) is 1.15. The van der Waals surface area contributed by atoms with Crippen LogP contribution in [0.25, 0.3) is 0 Å². The molecule has 2 radical (unpaired) electrons. The predicted octanol–water partition coefficient (Wildman–Crippen LogP) is 2.43. The molecule has 0 N–H and O–H groups in total. The fraction of sp³-hybridized carbons (Fsp3) is 0.417. The van der Waals surface area contributed by atoms with Crippen molar-refractivity contribution in [1.82, 2.24) is 0 Å². The van der Waals surface area contributed by atoms with Gasteiger partial charge in [0.1, 0.15) is 5.60 Å². The van der Waals surface area contributed by atoms with Crippen LogP contribution in [0.4, 0.5) is 0 Å². The van der Waals surface area contributed by atoms with Gasteiger partial charge < -0.3 is 4.74 Å². The smallest absolute Gasteiger partial charge is 0.303 e. The average Bonchev–Trinajstić information content (AvgIpc) is 2.14. The zero-order valence-electron chi connectivity index (χ0n) is 9.71. The molecule has 0 aliphatic carbocycles. The van der Waals surface area contributed by atoms with Crippen molar-refractivity contribution in [3.63, 3.8) is 0 Å². The maximum absolute atomic E-state index is 11.5. The largest absolute Gasteiger partial charge is 0.460 e. The number of hydrogen-bond donors (Lipinski definition) is 0. The topological polar surface area (TPSA) is 26.3 Å². The van der Waals surface area contributed by atoms with Crippen LogP contribution in [-0.2, 0) is 9.53 Å². The number of hydrogen-bond acceptors (Lipinski definition) is 2. The molecule has 0 unspecified atom stereocenters. The molecular weight excluding hydrogens is 240 g/mol. The van der Waals surface area contributed by atoms with E-state index in [9.17, 15) is 4.79 Å². The quantitative estimate of drug-likeness (QED) is 0.612. The molecule has 2 nitrogen and oxygen atoms in total. The monoisotopic (exact) mass is 254 g/mol. The van der Waals surface area contributed by atoms with Gasteiger partial charge in [-0.25, -0.2) is 0 Å². The summed E-state index contributed by atoms with van der Waals surface area (Å²) in [7, 11) is 0.363. The van der Waals surface area contributed by atoms with Gasteiger partial charge in [-0.05, 0) is 32.0 Å². The van der Waals surface area contributed by atoms with Crippen LogP contribution < -0.4 is 5.19 Å². The van der Waals surface area contributed by atoms with Gasteiger partial charge in [0.05, 0.1) is 9.52 Å². The first kappa shape index (κ1) is 13.3. The molecule has 0 aliphatic rings. The lowest BCUT2D eigenvalue weighted by molar-refractivity contribution is -0.151. The fourth-order valence-corrected chi connectivity index (χ4v) is 2.36. The molecule has 0 amide bonds. The molecule has 0 bridgehead atoms. The first-order valence-corrected chi connectivity index (χ1v) is 6.67. The third kappa shape index (κ3) is 4.81. The van der Waals surface area contributed by atoms with Gasteiger partial charge >= 0.3 is 5.97 Å². The lowest BCUT2D eigenvalue weighted by atomic mass is 10.2. The molecular formula is C12H15ClO2Si. The Morgan fingerprint density at radius 2 is 2.00 bits per heavy atom. The van der Waals surface area contributed by atoms with Crippen molar-refractivity contribution < 1.29 is 9.53 Å². The Balaban J connectivity index is 2.47. The Bertz CT molecular complexity index is 372. The average molecular weight is 255 g/mol. The van der Waals surface area contributed by atoms with E-state index in [0.717, 1.165) is 5.19 Å². The second kappa shape index (κ2) is 5.50. The van der Waals surface area contributed by atoms with Crippen molar-refractivity contribution in [2.45, 2.75) is 32.4 Å². The number of ether oxygens (including phenoxy) is 1. The molecule has 16 heavy (non-hydrogen) atoms. The van der Waals surface area contributed by atoms with Crippen LogP contribution in [0, 0.1) is 0 Å². The van der Waals surface area contributed by atoms with Crippen molar-refractivity contribution >= 4 is 32.3 Å². The molecule has 4 heteroatoms. The summed E-state index contributed by atoms with van der Waals surface area (Å²) in [5.74, 6) is -0.175. The van der Waals surface area contributed by atoms with Crippen LogP contribution in [-0.4, -0.2) is 21.1 Å². The van der Waals surface area contributed by atoms with Crippen LogP contribution >= 0.6 is 11.6 Å². The van der Waals surface area contributed by atoms with Gasteiger partial charge in [0.2, 0.25) is 0 Å². The highest BCUT2D eigenvalue weighted by molar-refractivity contribution is 6.60. The lowest BCUT2D eigenvalue weighted by Crippen LogP contribution is -2.26. The predicted molar refractivity (Wildman–Crippen MR) is 67.5 cm³/mol. The van der Waals surface area contributed by atoms with Crippen LogP contribution in [0.5, 0.6) is 0 Å². The summed E-state index contributed by atoms with van der Waals surface area (Å²) in [5, 5.41) is 1.72. The van der Waals surface area contributed by atoms with Gasteiger partial charge in [0.25, 0.3) is 0 Å². The molecule has 1 rings (SSSR count). The molecule has 86 valence electrons. The van der Waals surface area contributed by atoms with E-state index in [-0.39, 0.29) is 5.97 Å². The molecule has 1 aromatic rings. The summed E-state index contributed by atoms with van der Waals surface area (Å²) in [4.78, 5) is 11.5. The number of carbonyl (C=O) groups excluding carboxylic acids is 1. The van der Waals surface area contributed by atoms with Crippen molar-refractivity contribution in [2.75, 3.05) is 0 Å². The van der Waals surface area contributed by atoms with E-state index in [4.69, 9.17) is 16.3 Å². The molecule has 0 aromatic heterocycles. The minimum Gasteiger partial charge on any atom is -0.460 e. The van der Waals surface area contributed by atoms with Crippen LogP contribution in [0.1, 0.15) is 20.8 Å². The van der Waals surface area contributed by atoms with E-state index in [1.54, 1.807) is 0 Å². The zero-order valence-corrected chi connectivity index (χ0v) is 11.5. The van der Waals surface area contributed by atoms with Crippen molar-refractivity contribution in [3.8, 4) is 0 Å². The SMILES string of the molecule is CC(C)(C)OC(=O)C[Si]c1ccccc1Cl. The molecule has 0 saturated carbocycles. The first-order chi connectivity index (χ1) is 7.38. The van der Waals surface area contributed by atoms with E-state index >= 15 is 0 Å². The summed E-state index contributed by atoms with van der Waals surface area (Å²) in [6, 6.07) is 7.96. The Hall–Kier alpha value is -0.803. The Morgan fingerprint density at radius 3 is 2.56 bits per heavy atom. The van der Waals surface area contributed by atoms with Gasteiger partial charge in [-0.3, -0.25) is 4.79 Å². The van der Waals surface area contributed by atoms with Gasteiger partial charge in [-0.15, -0.1) is 0 Å². The summed E-state index contributed by atoms with van der Waals surface area (Å²) in [5.41, 5.74) is -0.415. The van der Waals surface area contributed by atoms with Gasteiger partial charge in [-0.1, -0.05) is 29.8 Å². The number of carbonyl (C=O) groups is 1. The van der Waals surface area contributed by atoms with E-state index in [1.807, 2.05) is 45.0 Å². The molecule has 0 aliphatic heterocycles. The Morgan fingerprint density at radius 1 is 1.38 bits per heavy atom. The third-order valence-electron chi connectivity index (χ3n) is 1.72. The van der Waals surface area contributed by atoms with Crippen LogP contribution in [0.2, 0.25) is 11.1 Å². The van der Waals surface area contributed by atoms with E-state index in [1.165, 1.54) is 0 Å². The standard InChI is InChI=1S/C12H15ClO2Si/c1-12(2,3)15-11(14)8-16-10-7-5-4-6-9(10)13/h4-7H,8H2,1-3H3. The number of esters is 1. The maximum Gasteiger partial charge on any atom is 0.303 e. The van der Waals surface area contributed by atoms with Crippen molar-refractivity contribution in [3.05, 3.63) is 29.3 Å². The van der Waals surface area contributed by atoms with Gasteiger partial charge in [0.15, 0.2) is 0 Å². The highest BCUT2D eigenvalue weighted by atomic mass is 35.5. The molecule has 0 spiro atoms. The second-order valence-corrected chi connectivity index (χ2v) is 6.07. The van der Waals surface area contributed by atoms with Gasteiger partial charge in [-0.2, -0.15) is 0 Å². The molecule has 0 heterocycles. The van der Waals surface area contributed by atoms with E-state index < -0.39 is 5.60 Å². The zero-order chi connectivity index (χ0) is 12.2. The first-order valence-electron chi connectivity index (χ1n) is 5.09. The minimum atomic E-state index is -0.415. The summed E-state index contributed by atoms with van der Waals surface area (Å²) in [6.07, 6.45) is 0. The highest BCUT2D eigenvalue weighted by Gasteiger charge is 2.16. The number of halogens is 1. The summed E-state index contributed by atoms with van der Waals surface area (Å²) < 4.78 is 5.22. The summed E-state index contributed by atoms with van der Waals surface area (Å²) >= 11 is 6.00. The second-order valence-electron chi connectivity index (χ2n) is 4.42. The van der Waals surface area contributed by atoms with E-state index in [0.29, 0.717) is 20.6 Å². The van der Waals surface area contributed by atoms with Gasteiger partial charge in [0, 0.05) is 11.1 Å². The maximum atomic E-state index is 11.5. The Labute approximate surface area is 104 Å². The molecule has 1 aromatic carbocycles. The molecule has 0 saturated heterocycles. The molecule has 0 fully saturated rings. The third-order valence-corrected chi connectivity index (χ3v) is 3.49. The van der Waals surface area contributed by atoms with Crippen LogP contribution in [0.15, 0.2) is 24.3 Å². The number of benzene rings is 1. The van der Waals surface area contributed by atoms with E-state index in [2.05, 4.69) is 0 Å². The van der Waals surface area contributed by atoms with Crippen molar-refractivity contribution in [1.29, 1.82) is 0 Å². The minimum absolute atomic E-state index is 0.175. The molecule has 0 atom stereocenters. The normalized spacial score (nSPS) is 11.2. The number of rotatable bonds is 3. The lowest BCUT2D eigenvalue weighted by Gasteiger charge is -2.19.